The Morgan fingerprint density at radius 2 is 2.31 bits per heavy atom. The van der Waals surface area contributed by atoms with E-state index in [9.17, 15) is 4.79 Å². The van der Waals surface area contributed by atoms with Gasteiger partial charge >= 0.3 is 0 Å². The molecule has 0 fully saturated rings. The van der Waals surface area contributed by atoms with E-state index in [4.69, 9.17) is 5.11 Å². The SMILES string of the molecule is CC(=O)/C=C1\Sc2ccc(CO)cc2N1C. The minimum absolute atomic E-state index is 0.0392. The maximum absolute atomic E-state index is 11.1. The van der Waals surface area contributed by atoms with Crippen LogP contribution in [0.2, 0.25) is 0 Å². The Morgan fingerprint density at radius 1 is 1.56 bits per heavy atom. The highest BCUT2D eigenvalue weighted by molar-refractivity contribution is 8.03. The quantitative estimate of drug-likeness (QED) is 0.797. The van der Waals surface area contributed by atoms with Gasteiger partial charge in [0.25, 0.3) is 0 Å². The Balaban J connectivity index is 2.38. The molecule has 1 aliphatic heterocycles. The summed E-state index contributed by atoms with van der Waals surface area (Å²) in [7, 11) is 1.93. The van der Waals surface area contributed by atoms with Gasteiger partial charge in [-0.05, 0) is 24.6 Å². The minimum Gasteiger partial charge on any atom is -0.392 e. The fourth-order valence-electron chi connectivity index (χ4n) is 1.61. The van der Waals surface area contributed by atoms with Crippen molar-refractivity contribution >= 4 is 23.2 Å². The van der Waals surface area contributed by atoms with Crippen molar-refractivity contribution < 1.29 is 9.90 Å². The summed E-state index contributed by atoms with van der Waals surface area (Å²) in [5.41, 5.74) is 1.93. The van der Waals surface area contributed by atoms with E-state index in [0.29, 0.717) is 0 Å². The summed E-state index contributed by atoms with van der Waals surface area (Å²) in [6, 6.07) is 5.82. The van der Waals surface area contributed by atoms with E-state index >= 15 is 0 Å². The number of allylic oxidation sites excluding steroid dienone is 1. The molecule has 3 nitrogen and oxygen atoms in total. The zero-order valence-electron chi connectivity index (χ0n) is 9.23. The van der Waals surface area contributed by atoms with E-state index in [1.54, 1.807) is 24.8 Å². The molecule has 16 heavy (non-hydrogen) atoms. The van der Waals surface area contributed by atoms with Crippen LogP contribution in [-0.2, 0) is 11.4 Å². The Hall–Kier alpha value is -1.26. The van der Waals surface area contributed by atoms with Gasteiger partial charge in [0.1, 0.15) is 0 Å². The second-order valence-corrected chi connectivity index (χ2v) is 4.78. The maximum atomic E-state index is 11.1. The summed E-state index contributed by atoms with van der Waals surface area (Å²) in [6.07, 6.45) is 1.63. The molecule has 1 aliphatic rings. The molecular weight excluding hydrogens is 222 g/mol. The summed E-state index contributed by atoms with van der Waals surface area (Å²) >= 11 is 1.58. The molecule has 0 aliphatic carbocycles. The zero-order chi connectivity index (χ0) is 11.7. The van der Waals surface area contributed by atoms with Gasteiger partial charge in [0.2, 0.25) is 0 Å². The van der Waals surface area contributed by atoms with Gasteiger partial charge in [0.05, 0.1) is 17.3 Å². The van der Waals surface area contributed by atoms with Crippen LogP contribution in [0, 0.1) is 0 Å². The van der Waals surface area contributed by atoms with Gasteiger partial charge < -0.3 is 10.0 Å². The third-order valence-electron chi connectivity index (χ3n) is 2.44. The predicted molar refractivity (Wildman–Crippen MR) is 65.4 cm³/mol. The van der Waals surface area contributed by atoms with Gasteiger partial charge in [-0.25, -0.2) is 0 Å². The van der Waals surface area contributed by atoms with Crippen molar-refractivity contribution in [1.82, 2.24) is 0 Å². The number of nitrogens with zero attached hydrogens (tertiary/aromatic N) is 1. The monoisotopic (exact) mass is 235 g/mol. The average molecular weight is 235 g/mol. The molecule has 0 amide bonds. The Labute approximate surface area is 98.8 Å². The number of aliphatic hydroxyl groups excluding tert-OH is 1. The third kappa shape index (κ3) is 1.99. The number of hydrogen-bond donors (Lipinski definition) is 1. The van der Waals surface area contributed by atoms with Crippen molar-refractivity contribution in [2.24, 2.45) is 0 Å². The number of aliphatic hydroxyl groups is 1. The van der Waals surface area contributed by atoms with Crippen LogP contribution in [-0.4, -0.2) is 17.9 Å². The third-order valence-corrected chi connectivity index (χ3v) is 3.61. The number of benzene rings is 1. The van der Waals surface area contributed by atoms with Crippen LogP contribution in [0.4, 0.5) is 5.69 Å². The smallest absolute Gasteiger partial charge is 0.155 e. The number of fused-ring (bicyclic) bond motifs is 1. The maximum Gasteiger partial charge on any atom is 0.155 e. The first-order valence-electron chi connectivity index (χ1n) is 4.99. The Bertz CT molecular complexity index is 468. The number of anilines is 1. The van der Waals surface area contributed by atoms with Crippen LogP contribution in [0.25, 0.3) is 0 Å². The largest absolute Gasteiger partial charge is 0.392 e. The highest BCUT2D eigenvalue weighted by Crippen LogP contribution is 2.45. The number of carbonyl (C=O) groups excluding carboxylic acids is 1. The number of ketones is 1. The number of carbonyl (C=O) groups is 1. The zero-order valence-corrected chi connectivity index (χ0v) is 10.0. The Kier molecular flexibility index (Phi) is 3.03. The highest BCUT2D eigenvalue weighted by atomic mass is 32.2. The molecule has 1 heterocycles. The van der Waals surface area contributed by atoms with Crippen LogP contribution in [0.5, 0.6) is 0 Å². The van der Waals surface area contributed by atoms with Crippen LogP contribution in [0.15, 0.2) is 34.2 Å². The topological polar surface area (TPSA) is 40.5 Å². The number of hydrogen-bond acceptors (Lipinski definition) is 4. The van der Waals surface area contributed by atoms with Gasteiger partial charge in [-0.2, -0.15) is 0 Å². The first-order valence-corrected chi connectivity index (χ1v) is 5.81. The van der Waals surface area contributed by atoms with E-state index in [1.165, 1.54) is 0 Å². The molecule has 0 atom stereocenters. The molecule has 4 heteroatoms. The molecule has 0 unspecified atom stereocenters. The highest BCUT2D eigenvalue weighted by Gasteiger charge is 2.22. The lowest BCUT2D eigenvalue weighted by Gasteiger charge is -2.13. The van der Waals surface area contributed by atoms with Gasteiger partial charge in [-0.3, -0.25) is 4.79 Å². The van der Waals surface area contributed by atoms with Crippen LogP contribution in [0.3, 0.4) is 0 Å². The second-order valence-electron chi connectivity index (χ2n) is 3.71. The second kappa shape index (κ2) is 4.31. The van der Waals surface area contributed by atoms with Crippen molar-refractivity contribution in [3.63, 3.8) is 0 Å². The van der Waals surface area contributed by atoms with Gasteiger partial charge in [0, 0.05) is 18.0 Å². The molecule has 0 spiro atoms. The minimum atomic E-state index is 0.0392. The molecule has 0 saturated heterocycles. The molecule has 0 saturated carbocycles. The summed E-state index contributed by atoms with van der Waals surface area (Å²) < 4.78 is 0. The van der Waals surface area contributed by atoms with Crippen molar-refractivity contribution in [2.75, 3.05) is 11.9 Å². The molecule has 2 rings (SSSR count). The lowest BCUT2D eigenvalue weighted by atomic mass is 10.2. The first-order chi connectivity index (χ1) is 7.61. The molecule has 0 radical (unpaired) electrons. The van der Waals surface area contributed by atoms with Crippen molar-refractivity contribution in [3.8, 4) is 0 Å². The molecule has 0 bridgehead atoms. The molecule has 84 valence electrons. The van der Waals surface area contributed by atoms with Crippen molar-refractivity contribution in [1.29, 1.82) is 0 Å². The lowest BCUT2D eigenvalue weighted by molar-refractivity contribution is -0.112. The van der Waals surface area contributed by atoms with Crippen molar-refractivity contribution in [2.45, 2.75) is 18.4 Å². The van der Waals surface area contributed by atoms with Crippen molar-refractivity contribution in [3.05, 3.63) is 34.9 Å². The first kappa shape index (κ1) is 11.2. The normalized spacial score (nSPS) is 16.7. The lowest BCUT2D eigenvalue weighted by Crippen LogP contribution is -2.10. The Morgan fingerprint density at radius 3 is 2.94 bits per heavy atom. The fraction of sp³-hybridized carbons (Fsp3) is 0.250. The van der Waals surface area contributed by atoms with E-state index in [2.05, 4.69) is 0 Å². The predicted octanol–water partition coefficient (Wildman–Crippen LogP) is 2.15. The van der Waals surface area contributed by atoms with Gasteiger partial charge in [0.15, 0.2) is 5.78 Å². The molecule has 1 aromatic carbocycles. The van der Waals surface area contributed by atoms with E-state index < -0.39 is 0 Å². The standard InChI is InChI=1S/C12H13NO2S/c1-8(15)5-12-13(2)10-6-9(7-14)3-4-11(10)16-12/h3-6,14H,7H2,1-2H3/b12-5-. The van der Waals surface area contributed by atoms with Crippen LogP contribution >= 0.6 is 11.8 Å². The van der Waals surface area contributed by atoms with Crippen LogP contribution in [0.1, 0.15) is 12.5 Å². The number of rotatable bonds is 2. The number of thioether (sulfide) groups is 1. The summed E-state index contributed by atoms with van der Waals surface area (Å²) in [5.74, 6) is 0.0459. The fourth-order valence-corrected chi connectivity index (χ4v) is 2.73. The summed E-state index contributed by atoms with van der Waals surface area (Å²) in [5, 5.41) is 10.0. The van der Waals surface area contributed by atoms with Gasteiger partial charge in [-0.15, -0.1) is 0 Å². The summed E-state index contributed by atoms with van der Waals surface area (Å²) in [4.78, 5) is 14.2. The van der Waals surface area contributed by atoms with Crippen LogP contribution < -0.4 is 4.90 Å². The molecule has 1 N–H and O–H groups in total. The van der Waals surface area contributed by atoms with Gasteiger partial charge in [-0.1, -0.05) is 17.8 Å². The van der Waals surface area contributed by atoms with E-state index in [0.717, 1.165) is 21.2 Å². The molecule has 0 aromatic heterocycles. The van der Waals surface area contributed by atoms with E-state index in [-0.39, 0.29) is 12.4 Å². The van der Waals surface area contributed by atoms with E-state index in [1.807, 2.05) is 30.1 Å². The summed E-state index contributed by atoms with van der Waals surface area (Å²) in [6.45, 7) is 1.58. The average Bonchev–Trinajstić information content (AvgIpc) is 2.55. The molecule has 1 aromatic rings. The molecular formula is C12H13NO2S.